The SMILES string of the molecule is C=C(C)[C@]1(O)C[C@@H](C)[C@@]2(O)C([C@H]1OC(=O)/C=C/C=C/CCCCCCCCCC)[C@@H]1O[C@]1(CO)[C@@H](O)[C@]1(O)C(=O)C(C)=C[C@H]12. The van der Waals surface area contributed by atoms with Crippen LogP contribution in [0, 0.1) is 17.8 Å². The Morgan fingerprint density at radius 1 is 1.11 bits per heavy atom. The standard InChI is InChI=1S/C35H52O9/c1-6-7-8-9-10-11-12-13-14-15-16-17-18-26(37)43-29-27-30-33(21-36,44-30)31(39)35(42)25(19-23(4)28(35)38)34(27,41)24(5)20-32(29,40)22(2)3/h15-19,24-25,27,29-31,36,39-42H,2,6-14,20-21H2,1,3-5H3/b16-15+,18-17+/t24-,25+,27?,29-,30+,31-,32-,33+,34+,35-/m1/s1. The first-order chi connectivity index (χ1) is 20.8. The molecule has 2 saturated carbocycles. The summed E-state index contributed by atoms with van der Waals surface area (Å²) in [5.41, 5.74) is -7.60. The minimum absolute atomic E-state index is 0.0991. The fraction of sp³-hybridized carbons (Fsp3) is 0.714. The van der Waals surface area contributed by atoms with Crippen molar-refractivity contribution in [2.75, 3.05) is 6.61 Å². The van der Waals surface area contributed by atoms with Gasteiger partial charge in [-0.05, 0) is 50.2 Å². The lowest BCUT2D eigenvalue weighted by Gasteiger charge is -2.57. The van der Waals surface area contributed by atoms with Gasteiger partial charge < -0.3 is 35.0 Å². The summed E-state index contributed by atoms with van der Waals surface area (Å²) in [4.78, 5) is 26.4. The first-order valence-electron chi connectivity index (χ1n) is 16.3. The Morgan fingerprint density at radius 3 is 2.36 bits per heavy atom. The second kappa shape index (κ2) is 13.3. The Hall–Kier alpha value is -2.14. The maximum absolute atomic E-state index is 13.3. The van der Waals surface area contributed by atoms with Gasteiger partial charge in [0.15, 0.2) is 11.4 Å². The van der Waals surface area contributed by atoms with Gasteiger partial charge in [-0.25, -0.2) is 4.79 Å². The van der Waals surface area contributed by atoms with E-state index in [1.54, 1.807) is 26.0 Å². The van der Waals surface area contributed by atoms with Crippen LogP contribution in [0.15, 0.2) is 48.1 Å². The number of Topliss-reactive ketones (excluding diaryl/α,β-unsaturated/α-hetero) is 1. The largest absolute Gasteiger partial charge is 0.455 e. The van der Waals surface area contributed by atoms with E-state index in [2.05, 4.69) is 13.5 Å². The first-order valence-corrected chi connectivity index (χ1v) is 16.3. The summed E-state index contributed by atoms with van der Waals surface area (Å²) < 4.78 is 11.8. The normalized spacial score (nSPS) is 41.2. The monoisotopic (exact) mass is 616 g/mol. The molecule has 10 atom stereocenters. The Bertz CT molecular complexity index is 1190. The van der Waals surface area contributed by atoms with Gasteiger partial charge in [0.05, 0.1) is 18.1 Å². The molecular weight excluding hydrogens is 564 g/mol. The number of esters is 1. The molecule has 1 saturated heterocycles. The molecule has 0 amide bonds. The molecule has 0 radical (unpaired) electrons. The van der Waals surface area contributed by atoms with Crippen molar-refractivity contribution in [1.29, 1.82) is 0 Å². The lowest BCUT2D eigenvalue weighted by atomic mass is 9.54. The molecular formula is C35H52O9. The van der Waals surface area contributed by atoms with Crippen molar-refractivity contribution in [2.24, 2.45) is 17.8 Å². The van der Waals surface area contributed by atoms with Crippen molar-refractivity contribution < 1.29 is 44.6 Å². The predicted octanol–water partition coefficient (Wildman–Crippen LogP) is 3.62. The molecule has 3 fully saturated rings. The maximum atomic E-state index is 13.3. The minimum Gasteiger partial charge on any atom is -0.455 e. The summed E-state index contributed by atoms with van der Waals surface area (Å²) in [6, 6.07) is 0. The summed E-state index contributed by atoms with van der Waals surface area (Å²) in [7, 11) is 0. The highest BCUT2D eigenvalue weighted by Crippen LogP contribution is 2.65. The van der Waals surface area contributed by atoms with Crippen molar-refractivity contribution in [1.82, 2.24) is 0 Å². The first kappa shape index (κ1) is 34.7. The number of allylic oxidation sites excluding steroid dienone is 3. The van der Waals surface area contributed by atoms with Gasteiger partial charge >= 0.3 is 5.97 Å². The smallest absolute Gasteiger partial charge is 0.331 e. The summed E-state index contributed by atoms with van der Waals surface area (Å²) in [6.45, 7) is 10.1. The molecule has 246 valence electrons. The van der Waals surface area contributed by atoms with Crippen LogP contribution in [0.5, 0.6) is 0 Å². The highest BCUT2D eigenvalue weighted by molar-refractivity contribution is 6.05. The van der Waals surface area contributed by atoms with E-state index in [1.807, 2.05) is 6.08 Å². The molecule has 0 spiro atoms. The van der Waals surface area contributed by atoms with Gasteiger partial charge in [-0.2, -0.15) is 0 Å². The molecule has 0 bridgehead atoms. The van der Waals surface area contributed by atoms with Gasteiger partial charge in [-0.15, -0.1) is 0 Å². The van der Waals surface area contributed by atoms with E-state index < -0.39 is 76.8 Å². The molecule has 1 heterocycles. The molecule has 9 heteroatoms. The van der Waals surface area contributed by atoms with Crippen LogP contribution in [-0.4, -0.2) is 84.6 Å². The predicted molar refractivity (Wildman–Crippen MR) is 165 cm³/mol. The number of carbonyl (C=O) groups is 2. The van der Waals surface area contributed by atoms with Crippen molar-refractivity contribution in [3.05, 3.63) is 48.1 Å². The maximum Gasteiger partial charge on any atom is 0.331 e. The van der Waals surface area contributed by atoms with E-state index in [0.717, 1.165) is 19.3 Å². The molecule has 0 aromatic rings. The molecule has 44 heavy (non-hydrogen) atoms. The van der Waals surface area contributed by atoms with Crippen LogP contribution in [-0.2, 0) is 19.1 Å². The van der Waals surface area contributed by atoms with Crippen LogP contribution < -0.4 is 0 Å². The van der Waals surface area contributed by atoms with Crippen molar-refractivity contribution in [2.45, 2.75) is 133 Å². The van der Waals surface area contributed by atoms with Crippen molar-refractivity contribution in [3.63, 3.8) is 0 Å². The fourth-order valence-electron chi connectivity index (χ4n) is 8.06. The molecule has 5 N–H and O–H groups in total. The number of aliphatic hydroxyl groups excluding tert-OH is 2. The van der Waals surface area contributed by atoms with E-state index in [-0.39, 0.29) is 12.0 Å². The van der Waals surface area contributed by atoms with E-state index in [0.29, 0.717) is 5.57 Å². The number of ether oxygens (including phenoxy) is 2. The van der Waals surface area contributed by atoms with E-state index in [9.17, 15) is 35.1 Å². The van der Waals surface area contributed by atoms with Crippen LogP contribution in [0.25, 0.3) is 0 Å². The zero-order chi connectivity index (χ0) is 32.5. The van der Waals surface area contributed by atoms with Gasteiger partial charge in [0.1, 0.15) is 29.5 Å². The van der Waals surface area contributed by atoms with Crippen molar-refractivity contribution >= 4 is 11.8 Å². The summed E-state index contributed by atoms with van der Waals surface area (Å²) in [5, 5.41) is 58.1. The minimum atomic E-state index is -2.48. The van der Waals surface area contributed by atoms with Gasteiger partial charge in [0.25, 0.3) is 0 Å². The lowest BCUT2D eigenvalue weighted by Crippen LogP contribution is -2.71. The number of fused-ring (bicyclic) bond motifs is 5. The Balaban J connectivity index is 1.53. The second-order valence-electron chi connectivity index (χ2n) is 13.7. The molecule has 1 unspecified atom stereocenters. The Morgan fingerprint density at radius 2 is 1.75 bits per heavy atom. The van der Waals surface area contributed by atoms with Gasteiger partial charge in [-0.1, -0.05) is 89.7 Å². The average Bonchev–Trinajstić information content (AvgIpc) is 3.67. The number of hydrogen-bond donors (Lipinski definition) is 5. The zero-order valence-corrected chi connectivity index (χ0v) is 26.7. The number of rotatable bonds is 14. The third-order valence-corrected chi connectivity index (χ3v) is 10.8. The molecule has 4 aliphatic rings. The topological polar surface area (TPSA) is 157 Å². The number of ketones is 1. The van der Waals surface area contributed by atoms with Gasteiger partial charge in [0.2, 0.25) is 0 Å². The zero-order valence-electron chi connectivity index (χ0n) is 26.7. The quantitative estimate of drug-likeness (QED) is 0.0491. The fourth-order valence-corrected chi connectivity index (χ4v) is 8.06. The second-order valence-corrected chi connectivity index (χ2v) is 13.7. The van der Waals surface area contributed by atoms with E-state index >= 15 is 0 Å². The molecule has 4 rings (SSSR count). The number of unbranched alkanes of at least 4 members (excludes halogenated alkanes) is 8. The van der Waals surface area contributed by atoms with Gasteiger partial charge in [-0.3, -0.25) is 4.79 Å². The summed E-state index contributed by atoms with van der Waals surface area (Å²) in [5.74, 6) is -4.83. The van der Waals surface area contributed by atoms with Gasteiger partial charge in [0, 0.05) is 12.0 Å². The van der Waals surface area contributed by atoms with Crippen LogP contribution >= 0.6 is 0 Å². The Kier molecular flexibility index (Phi) is 10.5. The van der Waals surface area contributed by atoms with Crippen LogP contribution in [0.4, 0.5) is 0 Å². The molecule has 9 nitrogen and oxygen atoms in total. The number of hydrogen-bond acceptors (Lipinski definition) is 9. The third-order valence-electron chi connectivity index (χ3n) is 10.8. The highest BCUT2D eigenvalue weighted by atomic mass is 16.6. The molecule has 0 aromatic heterocycles. The Labute approximate surface area is 261 Å². The molecule has 0 aromatic carbocycles. The van der Waals surface area contributed by atoms with E-state index in [4.69, 9.17) is 9.47 Å². The van der Waals surface area contributed by atoms with Crippen LogP contribution in [0.3, 0.4) is 0 Å². The lowest BCUT2D eigenvalue weighted by molar-refractivity contribution is -0.252. The summed E-state index contributed by atoms with van der Waals surface area (Å²) >= 11 is 0. The van der Waals surface area contributed by atoms with Crippen LogP contribution in [0.1, 0.15) is 91.9 Å². The molecule has 3 aliphatic carbocycles. The number of carbonyl (C=O) groups excluding carboxylic acids is 2. The van der Waals surface area contributed by atoms with Crippen LogP contribution in [0.2, 0.25) is 0 Å². The van der Waals surface area contributed by atoms with E-state index in [1.165, 1.54) is 57.6 Å². The number of aliphatic hydroxyl groups is 5. The highest BCUT2D eigenvalue weighted by Gasteiger charge is 2.83. The van der Waals surface area contributed by atoms with Crippen molar-refractivity contribution in [3.8, 4) is 0 Å². The summed E-state index contributed by atoms with van der Waals surface area (Å²) in [6.07, 6.45) is 14.2. The average molecular weight is 617 g/mol. The molecule has 1 aliphatic heterocycles. The third kappa shape index (κ3) is 5.69. The number of epoxide rings is 1.